The monoisotopic (exact) mass is 413 g/mol. The number of hydrogen-bond donors (Lipinski definition) is 1. The van der Waals surface area contributed by atoms with Crippen LogP contribution in [0.1, 0.15) is 24.0 Å². The summed E-state index contributed by atoms with van der Waals surface area (Å²) in [5.41, 5.74) is 1.97. The van der Waals surface area contributed by atoms with Crippen LogP contribution in [0.25, 0.3) is 0 Å². The van der Waals surface area contributed by atoms with Crippen molar-refractivity contribution in [2.45, 2.75) is 19.3 Å². The van der Waals surface area contributed by atoms with Crippen LogP contribution in [0.5, 0.6) is 0 Å². The topological polar surface area (TPSA) is 12.0 Å². The zero-order chi connectivity index (χ0) is 15.2. The van der Waals surface area contributed by atoms with Crippen LogP contribution in [0, 0.1) is 5.82 Å². The van der Waals surface area contributed by atoms with E-state index in [2.05, 4.69) is 56.2 Å². The fourth-order valence-electron chi connectivity index (χ4n) is 2.34. The first-order valence-electron chi connectivity index (χ1n) is 7.00. The average molecular weight is 415 g/mol. The molecule has 0 aromatic heterocycles. The Kier molecular flexibility index (Phi) is 6.40. The minimum Gasteiger partial charge on any atom is -0.316 e. The summed E-state index contributed by atoms with van der Waals surface area (Å²) in [4.78, 5) is 0. The second-order valence-corrected chi connectivity index (χ2v) is 6.83. The van der Waals surface area contributed by atoms with E-state index in [0.29, 0.717) is 6.42 Å². The first-order chi connectivity index (χ1) is 10.1. The van der Waals surface area contributed by atoms with Crippen LogP contribution < -0.4 is 5.32 Å². The predicted octanol–water partition coefficient (Wildman–Crippen LogP) is 5.29. The Morgan fingerprint density at radius 3 is 2.52 bits per heavy atom. The molecule has 0 saturated heterocycles. The van der Waals surface area contributed by atoms with E-state index in [1.54, 1.807) is 0 Å². The van der Waals surface area contributed by atoms with E-state index in [4.69, 9.17) is 0 Å². The number of nitrogens with one attached hydrogen (secondary N) is 1. The quantitative estimate of drug-likeness (QED) is 0.677. The highest BCUT2D eigenvalue weighted by Crippen LogP contribution is 2.25. The summed E-state index contributed by atoms with van der Waals surface area (Å²) in [7, 11) is 0. The Labute approximate surface area is 142 Å². The molecule has 1 atom stereocenters. The normalized spacial score (nSPS) is 12.4. The van der Waals surface area contributed by atoms with E-state index in [1.165, 1.54) is 11.6 Å². The Balaban J connectivity index is 2.23. The average Bonchev–Trinajstić information content (AvgIpc) is 2.45. The van der Waals surface area contributed by atoms with Crippen LogP contribution in [0.4, 0.5) is 4.39 Å². The van der Waals surface area contributed by atoms with Crippen molar-refractivity contribution in [2.75, 3.05) is 13.1 Å². The standard InChI is InChI=1S/C17H18Br2FN/c1-2-21-11-14(12-4-3-5-15(18)9-12)8-13-6-7-16(19)10-17(13)20/h3-7,9-10,14,21H,2,8,11H2,1H3. The van der Waals surface area contributed by atoms with Gasteiger partial charge in [0.1, 0.15) is 5.82 Å². The zero-order valence-electron chi connectivity index (χ0n) is 11.9. The van der Waals surface area contributed by atoms with Gasteiger partial charge in [0.15, 0.2) is 0 Å². The molecule has 4 heteroatoms. The number of hydrogen-bond acceptors (Lipinski definition) is 1. The van der Waals surface area contributed by atoms with Crippen molar-refractivity contribution in [2.24, 2.45) is 0 Å². The maximum Gasteiger partial charge on any atom is 0.127 e. The van der Waals surface area contributed by atoms with E-state index < -0.39 is 0 Å². The molecule has 0 amide bonds. The van der Waals surface area contributed by atoms with Crippen molar-refractivity contribution >= 4 is 31.9 Å². The third-order valence-corrected chi connectivity index (χ3v) is 4.43. The van der Waals surface area contributed by atoms with Gasteiger partial charge < -0.3 is 5.32 Å². The summed E-state index contributed by atoms with van der Waals surface area (Å²) < 4.78 is 15.9. The van der Waals surface area contributed by atoms with Gasteiger partial charge in [0.05, 0.1) is 0 Å². The van der Waals surface area contributed by atoms with Gasteiger partial charge in [-0.1, -0.05) is 57.0 Å². The maximum atomic E-state index is 14.1. The molecule has 0 aliphatic rings. The summed E-state index contributed by atoms with van der Waals surface area (Å²) in [6, 6.07) is 13.5. The minimum absolute atomic E-state index is 0.152. The van der Waals surface area contributed by atoms with E-state index >= 15 is 0 Å². The highest BCUT2D eigenvalue weighted by atomic mass is 79.9. The van der Waals surface area contributed by atoms with Crippen molar-refractivity contribution in [1.29, 1.82) is 0 Å². The molecule has 0 heterocycles. The van der Waals surface area contributed by atoms with E-state index in [1.807, 2.05) is 24.3 Å². The number of halogens is 3. The third-order valence-electron chi connectivity index (χ3n) is 3.44. The van der Waals surface area contributed by atoms with Gasteiger partial charge in [0, 0.05) is 21.4 Å². The fourth-order valence-corrected chi connectivity index (χ4v) is 3.09. The lowest BCUT2D eigenvalue weighted by Crippen LogP contribution is -2.23. The lowest BCUT2D eigenvalue weighted by Gasteiger charge is -2.19. The van der Waals surface area contributed by atoms with E-state index in [0.717, 1.165) is 27.6 Å². The molecular formula is C17H18Br2FN. The molecule has 0 saturated carbocycles. The van der Waals surface area contributed by atoms with Crippen molar-refractivity contribution in [3.05, 3.63) is 68.4 Å². The lowest BCUT2D eigenvalue weighted by atomic mass is 9.91. The number of likely N-dealkylation sites (N-methyl/N-ethyl adjacent to an activating group) is 1. The van der Waals surface area contributed by atoms with Crippen LogP contribution in [0.15, 0.2) is 51.4 Å². The minimum atomic E-state index is -0.152. The van der Waals surface area contributed by atoms with Gasteiger partial charge in [-0.3, -0.25) is 0 Å². The molecule has 2 rings (SSSR count). The first kappa shape index (κ1) is 16.7. The van der Waals surface area contributed by atoms with Crippen LogP contribution in [-0.2, 0) is 6.42 Å². The molecule has 0 bridgehead atoms. The molecule has 2 aromatic rings. The van der Waals surface area contributed by atoms with E-state index in [9.17, 15) is 4.39 Å². The van der Waals surface area contributed by atoms with Crippen LogP contribution in [-0.4, -0.2) is 13.1 Å². The Hall–Kier alpha value is -0.710. The van der Waals surface area contributed by atoms with Gasteiger partial charge in [-0.2, -0.15) is 0 Å². The van der Waals surface area contributed by atoms with Gasteiger partial charge in [-0.15, -0.1) is 0 Å². The fraction of sp³-hybridized carbons (Fsp3) is 0.294. The predicted molar refractivity (Wildman–Crippen MR) is 93.2 cm³/mol. The smallest absolute Gasteiger partial charge is 0.127 e. The molecule has 112 valence electrons. The summed E-state index contributed by atoms with van der Waals surface area (Å²) >= 11 is 6.81. The Morgan fingerprint density at radius 1 is 1.10 bits per heavy atom. The third kappa shape index (κ3) is 4.90. The molecule has 21 heavy (non-hydrogen) atoms. The summed E-state index contributed by atoms with van der Waals surface area (Å²) in [5.74, 6) is 0.0963. The van der Waals surface area contributed by atoms with Crippen molar-refractivity contribution < 1.29 is 4.39 Å². The Bertz CT molecular complexity index is 601. The molecule has 1 unspecified atom stereocenters. The van der Waals surface area contributed by atoms with Crippen molar-refractivity contribution in [3.63, 3.8) is 0 Å². The van der Waals surface area contributed by atoms with Crippen LogP contribution in [0.3, 0.4) is 0 Å². The van der Waals surface area contributed by atoms with Gasteiger partial charge in [0.25, 0.3) is 0 Å². The van der Waals surface area contributed by atoms with Crippen LogP contribution >= 0.6 is 31.9 Å². The lowest BCUT2D eigenvalue weighted by molar-refractivity contribution is 0.561. The Morgan fingerprint density at radius 2 is 1.86 bits per heavy atom. The van der Waals surface area contributed by atoms with Gasteiger partial charge >= 0.3 is 0 Å². The highest BCUT2D eigenvalue weighted by molar-refractivity contribution is 9.10. The number of rotatable bonds is 6. The molecule has 0 radical (unpaired) electrons. The summed E-state index contributed by atoms with van der Waals surface area (Å²) in [6.45, 7) is 3.83. The van der Waals surface area contributed by atoms with Crippen molar-refractivity contribution in [3.8, 4) is 0 Å². The molecule has 0 aliphatic heterocycles. The number of benzene rings is 2. The van der Waals surface area contributed by atoms with E-state index in [-0.39, 0.29) is 11.7 Å². The molecule has 0 spiro atoms. The molecular weight excluding hydrogens is 397 g/mol. The van der Waals surface area contributed by atoms with Gasteiger partial charge in [-0.05, 0) is 48.4 Å². The molecule has 2 aromatic carbocycles. The zero-order valence-corrected chi connectivity index (χ0v) is 15.0. The maximum absolute atomic E-state index is 14.1. The second kappa shape index (κ2) is 8.06. The van der Waals surface area contributed by atoms with Gasteiger partial charge in [-0.25, -0.2) is 4.39 Å². The van der Waals surface area contributed by atoms with Gasteiger partial charge in [0.2, 0.25) is 0 Å². The second-order valence-electron chi connectivity index (χ2n) is 5.00. The highest BCUT2D eigenvalue weighted by Gasteiger charge is 2.15. The summed E-state index contributed by atoms with van der Waals surface area (Å²) in [6.07, 6.45) is 0.683. The van der Waals surface area contributed by atoms with Crippen LogP contribution in [0.2, 0.25) is 0 Å². The largest absolute Gasteiger partial charge is 0.316 e. The first-order valence-corrected chi connectivity index (χ1v) is 8.59. The van der Waals surface area contributed by atoms with Crippen molar-refractivity contribution in [1.82, 2.24) is 5.32 Å². The SMILES string of the molecule is CCNCC(Cc1ccc(Br)cc1F)c1cccc(Br)c1. The molecule has 0 aliphatic carbocycles. The molecule has 1 N–H and O–H groups in total. The summed E-state index contributed by atoms with van der Waals surface area (Å²) in [5, 5.41) is 3.37. The molecule has 0 fully saturated rings. The molecule has 1 nitrogen and oxygen atoms in total.